The molecule has 0 spiro atoms. The maximum Gasteiger partial charge on any atom is 0.418 e. The zero-order chi connectivity index (χ0) is 34.0. The second-order valence-corrected chi connectivity index (χ2v) is 13.5. The highest BCUT2D eigenvalue weighted by molar-refractivity contribution is 7.08. The molecule has 256 valence electrons. The van der Waals surface area contributed by atoms with Gasteiger partial charge in [-0.1, -0.05) is 11.6 Å². The maximum absolute atomic E-state index is 14.0. The lowest BCUT2D eigenvalue weighted by Crippen LogP contribution is -2.52. The van der Waals surface area contributed by atoms with Gasteiger partial charge in [0.15, 0.2) is 0 Å². The first kappa shape index (κ1) is 33.8. The number of thiophene rings is 1. The number of carbonyl (C=O) groups excluding carboxylic acids is 3. The van der Waals surface area contributed by atoms with Gasteiger partial charge in [0.2, 0.25) is 11.8 Å². The predicted octanol–water partition coefficient (Wildman–Crippen LogP) is 5.79. The fourth-order valence-electron chi connectivity index (χ4n) is 6.85. The summed E-state index contributed by atoms with van der Waals surface area (Å²) in [4.78, 5) is 51.9. The standard InChI is InChI=1S/C33H37ClF3N7O3S/c1-38-30-26(33(35,36)37)15-21(16-27(30)34)14-22(31(46)43-12-10-41(11-13-43)24-2-6-39-7-3-24)17-29(45)42-8-4-25(5-9-42)44-18-23-19-48-20-28(23)40-32(44)47/h2-3,6-7,15-16,19-20,22,25,38H,4-5,8-14,17-18H2,1H3,(H,40,47)/t22-/m0/s1. The molecule has 6 rings (SSSR count). The number of nitrogens with one attached hydrogen (secondary N) is 2. The molecule has 0 unspecified atom stereocenters. The first-order valence-electron chi connectivity index (χ1n) is 15.9. The molecule has 0 aliphatic carbocycles. The van der Waals surface area contributed by atoms with Gasteiger partial charge in [0.1, 0.15) is 0 Å². The molecule has 0 bridgehead atoms. The number of urea groups is 1. The number of alkyl halides is 3. The third-order valence-electron chi connectivity index (χ3n) is 9.42. The first-order chi connectivity index (χ1) is 23.0. The molecule has 10 nitrogen and oxygen atoms in total. The van der Waals surface area contributed by atoms with Crippen molar-refractivity contribution in [2.24, 2.45) is 5.92 Å². The molecule has 2 saturated heterocycles. The summed E-state index contributed by atoms with van der Waals surface area (Å²) in [6, 6.07) is 6.05. The van der Waals surface area contributed by atoms with E-state index in [-0.39, 0.29) is 53.0 Å². The Bertz CT molecular complexity index is 1640. The number of pyridine rings is 1. The zero-order valence-electron chi connectivity index (χ0n) is 26.4. The average Bonchev–Trinajstić information content (AvgIpc) is 3.54. The molecule has 15 heteroatoms. The molecule has 3 aromatic rings. The number of nitrogens with zero attached hydrogens (tertiary/aromatic N) is 5. The zero-order valence-corrected chi connectivity index (χ0v) is 28.0. The number of fused-ring (bicyclic) bond motifs is 1. The van der Waals surface area contributed by atoms with Crippen molar-refractivity contribution in [2.75, 3.05) is 61.8 Å². The van der Waals surface area contributed by atoms with E-state index in [1.165, 1.54) is 24.5 Å². The lowest BCUT2D eigenvalue weighted by molar-refractivity contribution is -0.142. The molecule has 48 heavy (non-hydrogen) atoms. The van der Waals surface area contributed by atoms with E-state index in [9.17, 15) is 27.6 Å². The van der Waals surface area contributed by atoms with Crippen molar-refractivity contribution >= 4 is 57.8 Å². The molecule has 2 aromatic heterocycles. The minimum Gasteiger partial charge on any atom is -0.386 e. The van der Waals surface area contributed by atoms with Crippen molar-refractivity contribution in [1.29, 1.82) is 0 Å². The number of hydrogen-bond donors (Lipinski definition) is 2. The van der Waals surface area contributed by atoms with Gasteiger partial charge < -0.3 is 30.2 Å². The number of halogens is 4. The van der Waals surface area contributed by atoms with Crippen LogP contribution in [0.4, 0.5) is 35.0 Å². The average molecular weight is 704 g/mol. The first-order valence-corrected chi connectivity index (χ1v) is 17.3. The van der Waals surface area contributed by atoms with Crippen LogP contribution in [0.2, 0.25) is 5.02 Å². The Morgan fingerprint density at radius 1 is 1.06 bits per heavy atom. The summed E-state index contributed by atoms with van der Waals surface area (Å²) in [5.41, 5.74) is 1.97. The van der Waals surface area contributed by atoms with E-state index in [1.54, 1.807) is 22.2 Å². The SMILES string of the molecule is CNc1c(Cl)cc(C[C@@H](CC(=O)N2CCC(N3Cc4cscc4NC3=O)CC2)C(=O)N2CCN(c3ccncc3)CC2)cc1C(F)(F)F. The number of benzene rings is 1. The molecule has 1 atom stereocenters. The monoisotopic (exact) mass is 703 g/mol. The van der Waals surface area contributed by atoms with E-state index >= 15 is 0 Å². The van der Waals surface area contributed by atoms with Crippen molar-refractivity contribution in [1.82, 2.24) is 19.7 Å². The number of likely N-dealkylation sites (tertiary alicyclic amines) is 1. The molecular weight excluding hydrogens is 667 g/mol. The number of piperidine rings is 1. The molecule has 5 heterocycles. The predicted molar refractivity (Wildman–Crippen MR) is 179 cm³/mol. The maximum atomic E-state index is 14.0. The quantitative estimate of drug-likeness (QED) is 0.308. The molecular formula is C33H37ClF3N7O3S. The highest BCUT2D eigenvalue weighted by Crippen LogP contribution is 2.40. The van der Waals surface area contributed by atoms with E-state index in [1.807, 2.05) is 27.8 Å². The smallest absolute Gasteiger partial charge is 0.386 e. The number of aromatic nitrogens is 1. The largest absolute Gasteiger partial charge is 0.418 e. The van der Waals surface area contributed by atoms with Gasteiger partial charge in [-0.15, -0.1) is 11.3 Å². The molecule has 0 radical (unpaired) electrons. The summed E-state index contributed by atoms with van der Waals surface area (Å²) in [6.07, 6.45) is -0.306. The van der Waals surface area contributed by atoms with Gasteiger partial charge in [-0.2, -0.15) is 13.2 Å². The van der Waals surface area contributed by atoms with E-state index in [0.29, 0.717) is 58.7 Å². The van der Waals surface area contributed by atoms with Crippen LogP contribution in [0.1, 0.15) is 36.0 Å². The lowest BCUT2D eigenvalue weighted by atomic mass is 9.91. The van der Waals surface area contributed by atoms with E-state index in [2.05, 4.69) is 20.5 Å². The van der Waals surface area contributed by atoms with Gasteiger partial charge in [0.25, 0.3) is 0 Å². The van der Waals surface area contributed by atoms with Gasteiger partial charge in [0, 0.05) is 87.8 Å². The van der Waals surface area contributed by atoms with Crippen LogP contribution in [0.15, 0.2) is 47.4 Å². The van der Waals surface area contributed by atoms with Crippen molar-refractivity contribution < 1.29 is 27.6 Å². The van der Waals surface area contributed by atoms with Gasteiger partial charge >= 0.3 is 12.2 Å². The third kappa shape index (κ3) is 7.34. The number of anilines is 3. The highest BCUT2D eigenvalue weighted by atomic mass is 35.5. The number of rotatable bonds is 8. The van der Waals surface area contributed by atoms with Gasteiger partial charge in [-0.3, -0.25) is 14.6 Å². The summed E-state index contributed by atoms with van der Waals surface area (Å²) in [5, 5.41) is 9.29. The molecule has 3 aliphatic rings. The molecule has 2 fully saturated rings. The number of piperazine rings is 1. The normalized spacial score (nSPS) is 18.0. The van der Waals surface area contributed by atoms with Crippen LogP contribution in [0, 0.1) is 5.92 Å². The van der Waals surface area contributed by atoms with Crippen molar-refractivity contribution in [3.63, 3.8) is 0 Å². The summed E-state index contributed by atoms with van der Waals surface area (Å²) in [7, 11) is 1.37. The van der Waals surface area contributed by atoms with E-state index in [0.717, 1.165) is 23.0 Å². The molecule has 0 saturated carbocycles. The Balaban J connectivity index is 1.16. The lowest BCUT2D eigenvalue weighted by Gasteiger charge is -2.40. The summed E-state index contributed by atoms with van der Waals surface area (Å²) >= 11 is 7.83. The second-order valence-electron chi connectivity index (χ2n) is 12.4. The molecule has 3 aliphatic heterocycles. The van der Waals surface area contributed by atoms with Gasteiger partial charge in [0.05, 0.1) is 34.4 Å². The van der Waals surface area contributed by atoms with Crippen LogP contribution in [0.25, 0.3) is 0 Å². The van der Waals surface area contributed by atoms with Crippen LogP contribution in [-0.4, -0.2) is 89.9 Å². The van der Waals surface area contributed by atoms with Crippen LogP contribution >= 0.6 is 22.9 Å². The molecule has 2 N–H and O–H groups in total. The topological polar surface area (TPSA) is 101 Å². The van der Waals surface area contributed by atoms with Crippen LogP contribution in [0.5, 0.6) is 0 Å². The fourth-order valence-corrected chi connectivity index (χ4v) is 7.96. The van der Waals surface area contributed by atoms with Crippen LogP contribution in [-0.2, 0) is 28.7 Å². The second kappa shape index (κ2) is 14.2. The van der Waals surface area contributed by atoms with E-state index in [4.69, 9.17) is 11.6 Å². The fraction of sp³-hybridized carbons (Fsp3) is 0.455. The Kier molecular flexibility index (Phi) is 10.0. The minimum absolute atomic E-state index is 0.0372. The van der Waals surface area contributed by atoms with Gasteiger partial charge in [-0.25, -0.2) is 4.79 Å². The Morgan fingerprint density at radius 3 is 2.44 bits per heavy atom. The Morgan fingerprint density at radius 2 is 1.77 bits per heavy atom. The highest BCUT2D eigenvalue weighted by Gasteiger charge is 2.38. The Labute approximate surface area is 285 Å². The number of hydrogen-bond acceptors (Lipinski definition) is 7. The Hall–Kier alpha value is -4.04. The van der Waals surface area contributed by atoms with Crippen LogP contribution < -0.4 is 15.5 Å². The third-order valence-corrected chi connectivity index (χ3v) is 10.5. The number of amides is 4. The van der Waals surface area contributed by atoms with Gasteiger partial charge in [-0.05, 0) is 54.5 Å². The van der Waals surface area contributed by atoms with Crippen LogP contribution in [0.3, 0.4) is 0 Å². The molecule has 4 amide bonds. The molecule has 1 aromatic carbocycles. The van der Waals surface area contributed by atoms with E-state index < -0.39 is 17.7 Å². The summed E-state index contributed by atoms with van der Waals surface area (Å²) in [6.45, 7) is 3.31. The minimum atomic E-state index is -4.67. The van der Waals surface area contributed by atoms with Crippen molar-refractivity contribution in [2.45, 2.75) is 44.4 Å². The summed E-state index contributed by atoms with van der Waals surface area (Å²) < 4.78 is 42.0. The van der Waals surface area contributed by atoms with Crippen molar-refractivity contribution in [3.05, 3.63) is 69.1 Å². The summed E-state index contributed by atoms with van der Waals surface area (Å²) in [5.74, 6) is -1.39. The van der Waals surface area contributed by atoms with Crippen molar-refractivity contribution in [3.8, 4) is 0 Å². The number of carbonyl (C=O) groups is 3.